The van der Waals surface area contributed by atoms with E-state index in [0.717, 1.165) is 17.0 Å². The Morgan fingerprint density at radius 1 is 1.06 bits per heavy atom. The van der Waals surface area contributed by atoms with E-state index < -0.39 is 0 Å². The first kappa shape index (κ1) is 9.84. The molecular weight excluding hydrogens is 214 g/mol. The standard InChI is InChI=1S/C13H11N3O/c1-2-4-12-10(3-1)5-7-14-13(12)15-9-11-6-8-16-17-11/h1-8H,9H2,(H,14,15). The molecule has 0 spiro atoms. The van der Waals surface area contributed by atoms with Crippen molar-refractivity contribution in [2.75, 3.05) is 5.32 Å². The van der Waals surface area contributed by atoms with Gasteiger partial charge in [0.15, 0.2) is 5.76 Å². The molecule has 0 atom stereocenters. The summed E-state index contributed by atoms with van der Waals surface area (Å²) in [6.07, 6.45) is 3.43. The first-order valence-corrected chi connectivity index (χ1v) is 5.41. The van der Waals surface area contributed by atoms with E-state index in [2.05, 4.69) is 21.5 Å². The molecule has 0 radical (unpaired) electrons. The largest absolute Gasteiger partial charge is 0.362 e. The molecule has 2 aromatic heterocycles. The van der Waals surface area contributed by atoms with Crippen LogP contribution in [-0.2, 0) is 6.54 Å². The lowest BCUT2D eigenvalue weighted by Gasteiger charge is -2.06. The highest BCUT2D eigenvalue weighted by Crippen LogP contribution is 2.20. The number of nitrogens with zero attached hydrogens (tertiary/aromatic N) is 2. The molecule has 0 aliphatic heterocycles. The Morgan fingerprint density at radius 2 is 2.00 bits per heavy atom. The number of hydrogen-bond acceptors (Lipinski definition) is 4. The zero-order valence-electron chi connectivity index (χ0n) is 9.13. The third kappa shape index (κ3) is 1.97. The number of fused-ring (bicyclic) bond motifs is 1. The van der Waals surface area contributed by atoms with Gasteiger partial charge in [-0.1, -0.05) is 29.4 Å². The first-order chi connectivity index (χ1) is 8.43. The van der Waals surface area contributed by atoms with E-state index >= 15 is 0 Å². The minimum Gasteiger partial charge on any atom is -0.362 e. The smallest absolute Gasteiger partial charge is 0.155 e. The third-order valence-electron chi connectivity index (χ3n) is 2.59. The van der Waals surface area contributed by atoms with E-state index in [-0.39, 0.29) is 0 Å². The molecule has 0 aliphatic rings. The Labute approximate surface area is 98.3 Å². The highest BCUT2D eigenvalue weighted by atomic mass is 16.5. The summed E-state index contributed by atoms with van der Waals surface area (Å²) >= 11 is 0. The van der Waals surface area contributed by atoms with Crippen molar-refractivity contribution in [3.8, 4) is 0 Å². The minimum atomic E-state index is 0.584. The van der Waals surface area contributed by atoms with Crippen LogP contribution in [0.2, 0.25) is 0 Å². The third-order valence-corrected chi connectivity index (χ3v) is 2.59. The topological polar surface area (TPSA) is 51.0 Å². The summed E-state index contributed by atoms with van der Waals surface area (Å²) in [5.74, 6) is 1.65. The Bertz CT molecular complexity index is 614. The number of benzene rings is 1. The molecule has 0 saturated carbocycles. The average Bonchev–Trinajstić information content (AvgIpc) is 2.89. The molecule has 0 saturated heterocycles. The van der Waals surface area contributed by atoms with E-state index in [1.807, 2.05) is 30.3 Å². The van der Waals surface area contributed by atoms with Gasteiger partial charge in [0, 0.05) is 17.6 Å². The fourth-order valence-electron chi connectivity index (χ4n) is 1.76. The molecule has 3 aromatic rings. The maximum atomic E-state index is 5.03. The molecule has 0 unspecified atom stereocenters. The number of aromatic nitrogens is 2. The summed E-state index contributed by atoms with van der Waals surface area (Å²) in [6, 6.07) is 12.0. The van der Waals surface area contributed by atoms with Crippen LogP contribution >= 0.6 is 0 Å². The van der Waals surface area contributed by atoms with Crippen molar-refractivity contribution in [2.45, 2.75) is 6.54 Å². The van der Waals surface area contributed by atoms with Crippen molar-refractivity contribution in [2.24, 2.45) is 0 Å². The van der Waals surface area contributed by atoms with Gasteiger partial charge in [0.2, 0.25) is 0 Å². The van der Waals surface area contributed by atoms with Crippen LogP contribution in [0.5, 0.6) is 0 Å². The molecule has 1 aromatic carbocycles. The van der Waals surface area contributed by atoms with E-state index in [0.29, 0.717) is 6.54 Å². The number of anilines is 1. The minimum absolute atomic E-state index is 0.584. The second kappa shape index (κ2) is 4.25. The van der Waals surface area contributed by atoms with Crippen LogP contribution in [0, 0.1) is 0 Å². The maximum Gasteiger partial charge on any atom is 0.155 e. The molecular formula is C13H11N3O. The Morgan fingerprint density at radius 3 is 2.88 bits per heavy atom. The lowest BCUT2D eigenvalue weighted by Crippen LogP contribution is -2.00. The molecule has 84 valence electrons. The lowest BCUT2D eigenvalue weighted by molar-refractivity contribution is 0.388. The summed E-state index contributed by atoms with van der Waals surface area (Å²) in [5, 5.41) is 9.18. The molecule has 2 heterocycles. The Kier molecular flexibility index (Phi) is 2.46. The fourth-order valence-corrected chi connectivity index (χ4v) is 1.76. The normalized spacial score (nSPS) is 10.6. The van der Waals surface area contributed by atoms with Gasteiger partial charge in [-0.05, 0) is 11.5 Å². The van der Waals surface area contributed by atoms with Crippen molar-refractivity contribution in [1.29, 1.82) is 0 Å². The van der Waals surface area contributed by atoms with Gasteiger partial charge in [0.1, 0.15) is 5.82 Å². The summed E-state index contributed by atoms with van der Waals surface area (Å²) in [6.45, 7) is 0.584. The second-order valence-electron chi connectivity index (χ2n) is 3.71. The molecule has 17 heavy (non-hydrogen) atoms. The lowest BCUT2D eigenvalue weighted by atomic mass is 10.1. The number of pyridine rings is 1. The van der Waals surface area contributed by atoms with Crippen LogP contribution in [0.1, 0.15) is 5.76 Å². The van der Waals surface area contributed by atoms with Crippen molar-refractivity contribution < 1.29 is 4.52 Å². The Hall–Kier alpha value is -2.36. The Balaban J connectivity index is 1.90. The number of rotatable bonds is 3. The van der Waals surface area contributed by atoms with Crippen LogP contribution in [0.3, 0.4) is 0 Å². The van der Waals surface area contributed by atoms with Gasteiger partial charge in [-0.15, -0.1) is 0 Å². The molecule has 0 amide bonds. The fraction of sp³-hybridized carbons (Fsp3) is 0.0769. The van der Waals surface area contributed by atoms with Gasteiger partial charge in [-0.3, -0.25) is 0 Å². The van der Waals surface area contributed by atoms with Gasteiger partial charge < -0.3 is 9.84 Å². The van der Waals surface area contributed by atoms with Gasteiger partial charge in [0.05, 0.1) is 12.7 Å². The average molecular weight is 225 g/mol. The summed E-state index contributed by atoms with van der Waals surface area (Å²) in [7, 11) is 0. The number of hydrogen-bond donors (Lipinski definition) is 1. The van der Waals surface area contributed by atoms with E-state index in [4.69, 9.17) is 4.52 Å². The van der Waals surface area contributed by atoms with Gasteiger partial charge in [-0.2, -0.15) is 0 Å². The maximum absolute atomic E-state index is 5.03. The van der Waals surface area contributed by atoms with E-state index in [9.17, 15) is 0 Å². The highest BCUT2D eigenvalue weighted by Gasteiger charge is 2.02. The molecule has 0 fully saturated rings. The molecule has 4 heteroatoms. The SMILES string of the molecule is c1ccc2c(NCc3ccno3)nccc2c1. The van der Waals surface area contributed by atoms with E-state index in [1.165, 1.54) is 5.39 Å². The van der Waals surface area contributed by atoms with Crippen LogP contribution in [0.25, 0.3) is 10.8 Å². The molecule has 3 rings (SSSR count). The van der Waals surface area contributed by atoms with Crippen molar-refractivity contribution in [1.82, 2.24) is 10.1 Å². The molecule has 1 N–H and O–H groups in total. The zero-order valence-corrected chi connectivity index (χ0v) is 9.13. The van der Waals surface area contributed by atoms with Gasteiger partial charge in [-0.25, -0.2) is 4.98 Å². The van der Waals surface area contributed by atoms with Crippen molar-refractivity contribution in [3.63, 3.8) is 0 Å². The summed E-state index contributed by atoms with van der Waals surface area (Å²) in [5.41, 5.74) is 0. The second-order valence-corrected chi connectivity index (χ2v) is 3.71. The van der Waals surface area contributed by atoms with Crippen molar-refractivity contribution >= 4 is 16.6 Å². The highest BCUT2D eigenvalue weighted by molar-refractivity contribution is 5.91. The van der Waals surface area contributed by atoms with Crippen molar-refractivity contribution in [3.05, 3.63) is 54.6 Å². The number of nitrogens with one attached hydrogen (secondary N) is 1. The zero-order chi connectivity index (χ0) is 11.5. The predicted octanol–water partition coefficient (Wildman–Crippen LogP) is 2.83. The monoisotopic (exact) mass is 225 g/mol. The summed E-state index contributed by atoms with van der Waals surface area (Å²) in [4.78, 5) is 4.33. The van der Waals surface area contributed by atoms with Crippen LogP contribution < -0.4 is 5.32 Å². The molecule has 0 bridgehead atoms. The molecule has 4 nitrogen and oxygen atoms in total. The predicted molar refractivity (Wildman–Crippen MR) is 65.6 cm³/mol. The molecule has 0 aliphatic carbocycles. The van der Waals surface area contributed by atoms with Crippen LogP contribution in [0.4, 0.5) is 5.82 Å². The first-order valence-electron chi connectivity index (χ1n) is 5.41. The van der Waals surface area contributed by atoms with Gasteiger partial charge >= 0.3 is 0 Å². The van der Waals surface area contributed by atoms with Gasteiger partial charge in [0.25, 0.3) is 0 Å². The van der Waals surface area contributed by atoms with Crippen LogP contribution in [-0.4, -0.2) is 10.1 Å². The summed E-state index contributed by atoms with van der Waals surface area (Å²) < 4.78 is 5.03. The van der Waals surface area contributed by atoms with Crippen LogP contribution in [0.15, 0.2) is 53.3 Å². The van der Waals surface area contributed by atoms with E-state index in [1.54, 1.807) is 12.4 Å². The quantitative estimate of drug-likeness (QED) is 0.744.